The van der Waals surface area contributed by atoms with Gasteiger partial charge in [-0.05, 0) is 25.2 Å². The number of pyridine rings is 1. The van der Waals surface area contributed by atoms with Crippen LogP contribution in [0.2, 0.25) is 0 Å². The Morgan fingerprint density at radius 1 is 1.44 bits per heavy atom. The molecule has 0 N–H and O–H groups in total. The maximum Gasteiger partial charge on any atom is 0.418 e. The molecule has 1 aromatic rings. The third kappa shape index (κ3) is 2.61. The number of hydrogen-bond acceptors (Lipinski definition) is 3. The highest BCUT2D eigenvalue weighted by molar-refractivity contribution is 7.98. The first-order valence-electron chi connectivity index (χ1n) is 4.78. The first-order chi connectivity index (χ1) is 7.50. The van der Waals surface area contributed by atoms with E-state index in [4.69, 9.17) is 4.74 Å². The Kier molecular flexibility index (Phi) is 3.01. The van der Waals surface area contributed by atoms with Crippen LogP contribution in [0, 0.1) is 0 Å². The van der Waals surface area contributed by atoms with Crippen LogP contribution in [0.25, 0.3) is 0 Å². The van der Waals surface area contributed by atoms with Crippen molar-refractivity contribution in [2.24, 2.45) is 0 Å². The van der Waals surface area contributed by atoms with Crippen LogP contribution in [-0.4, -0.2) is 17.3 Å². The average molecular weight is 249 g/mol. The Bertz CT molecular complexity index is 390. The van der Waals surface area contributed by atoms with Gasteiger partial charge in [-0.1, -0.05) is 0 Å². The van der Waals surface area contributed by atoms with E-state index in [0.29, 0.717) is 5.03 Å². The van der Waals surface area contributed by atoms with Crippen LogP contribution in [0.5, 0.6) is 5.75 Å². The van der Waals surface area contributed by atoms with E-state index in [1.807, 2.05) is 0 Å². The number of hydrogen-bond donors (Lipinski definition) is 0. The highest BCUT2D eigenvalue weighted by Gasteiger charge is 2.33. The van der Waals surface area contributed by atoms with Crippen molar-refractivity contribution in [3.8, 4) is 5.75 Å². The smallest absolute Gasteiger partial charge is 0.418 e. The van der Waals surface area contributed by atoms with Gasteiger partial charge in [0.2, 0.25) is 0 Å². The second-order valence-electron chi connectivity index (χ2n) is 3.55. The fourth-order valence-corrected chi connectivity index (χ4v) is 1.66. The van der Waals surface area contributed by atoms with E-state index in [-0.39, 0.29) is 11.9 Å². The van der Waals surface area contributed by atoms with Crippen LogP contribution in [0.15, 0.2) is 17.3 Å². The lowest BCUT2D eigenvalue weighted by molar-refractivity contribution is -0.138. The van der Waals surface area contributed by atoms with Crippen molar-refractivity contribution in [2.75, 3.05) is 6.26 Å². The molecule has 6 heteroatoms. The van der Waals surface area contributed by atoms with E-state index < -0.39 is 11.7 Å². The van der Waals surface area contributed by atoms with Crippen LogP contribution >= 0.6 is 11.8 Å². The molecule has 1 aliphatic rings. The molecular weight excluding hydrogens is 239 g/mol. The Hall–Kier alpha value is -0.910. The summed E-state index contributed by atoms with van der Waals surface area (Å²) in [6.45, 7) is 0. The minimum Gasteiger partial charge on any atom is -0.488 e. The molecule has 0 saturated heterocycles. The highest BCUT2D eigenvalue weighted by Crippen LogP contribution is 2.37. The summed E-state index contributed by atoms with van der Waals surface area (Å²) in [6.07, 6.45) is 0.108. The highest BCUT2D eigenvalue weighted by atomic mass is 32.2. The van der Waals surface area contributed by atoms with Crippen LogP contribution in [0.4, 0.5) is 13.2 Å². The molecular formula is C10H10F3NOS. The molecule has 1 heterocycles. The third-order valence-corrected chi connectivity index (χ3v) is 2.85. The van der Waals surface area contributed by atoms with E-state index in [2.05, 4.69) is 4.98 Å². The summed E-state index contributed by atoms with van der Waals surface area (Å²) in [5.74, 6) is 0.241. The molecule has 1 fully saturated rings. The fraction of sp³-hybridized carbons (Fsp3) is 0.500. The summed E-state index contributed by atoms with van der Waals surface area (Å²) in [5.41, 5.74) is -0.763. The molecule has 0 radical (unpaired) electrons. The Balaban J connectivity index is 2.29. The molecule has 0 spiro atoms. The molecule has 0 unspecified atom stereocenters. The summed E-state index contributed by atoms with van der Waals surface area (Å²) >= 11 is 1.28. The minimum absolute atomic E-state index is 0.0659. The minimum atomic E-state index is -4.37. The normalized spacial score (nSPS) is 16.2. The van der Waals surface area contributed by atoms with E-state index >= 15 is 0 Å². The second kappa shape index (κ2) is 4.16. The largest absolute Gasteiger partial charge is 0.488 e. The maximum atomic E-state index is 12.5. The van der Waals surface area contributed by atoms with Crippen molar-refractivity contribution in [3.05, 3.63) is 17.8 Å². The van der Waals surface area contributed by atoms with E-state index in [1.54, 1.807) is 6.26 Å². The van der Waals surface area contributed by atoms with Gasteiger partial charge in [-0.3, -0.25) is 0 Å². The number of aromatic nitrogens is 1. The molecule has 16 heavy (non-hydrogen) atoms. The Labute approximate surface area is 95.2 Å². The predicted octanol–water partition coefficient (Wildman–Crippen LogP) is 3.36. The molecule has 0 aliphatic heterocycles. The zero-order valence-electron chi connectivity index (χ0n) is 8.54. The SMILES string of the molecule is CSc1ncc(C(F)(F)F)cc1OC1CC1. The number of nitrogens with zero attached hydrogens (tertiary/aromatic N) is 1. The molecule has 1 aromatic heterocycles. The summed E-state index contributed by atoms with van der Waals surface area (Å²) < 4.78 is 42.8. The van der Waals surface area contributed by atoms with Crippen molar-refractivity contribution < 1.29 is 17.9 Å². The van der Waals surface area contributed by atoms with Crippen molar-refractivity contribution in [1.82, 2.24) is 4.98 Å². The molecule has 2 rings (SSSR count). The Morgan fingerprint density at radius 3 is 2.62 bits per heavy atom. The standard InChI is InChI=1S/C10H10F3NOS/c1-16-9-8(15-7-2-3-7)4-6(5-14-9)10(11,12)13/h4-5,7H,2-3H2,1H3. The summed E-state index contributed by atoms with van der Waals surface area (Å²) in [4.78, 5) is 3.76. The van der Waals surface area contributed by atoms with Gasteiger partial charge in [-0.25, -0.2) is 4.98 Å². The topological polar surface area (TPSA) is 22.1 Å². The van der Waals surface area contributed by atoms with E-state index in [9.17, 15) is 13.2 Å². The predicted molar refractivity (Wildman–Crippen MR) is 54.7 cm³/mol. The summed E-state index contributed by atoms with van der Waals surface area (Å²) in [7, 11) is 0. The molecule has 1 aliphatic carbocycles. The number of alkyl halides is 3. The van der Waals surface area contributed by atoms with Crippen molar-refractivity contribution in [3.63, 3.8) is 0 Å². The summed E-state index contributed by atoms with van der Waals surface area (Å²) in [6, 6.07) is 1.02. The molecule has 0 atom stereocenters. The van der Waals surface area contributed by atoms with Gasteiger partial charge >= 0.3 is 6.18 Å². The lowest BCUT2D eigenvalue weighted by Crippen LogP contribution is -2.07. The lowest BCUT2D eigenvalue weighted by Gasteiger charge is -2.12. The molecule has 1 saturated carbocycles. The van der Waals surface area contributed by atoms with Gasteiger partial charge in [-0.15, -0.1) is 11.8 Å². The molecule has 2 nitrogen and oxygen atoms in total. The number of rotatable bonds is 3. The van der Waals surface area contributed by atoms with Gasteiger partial charge in [0, 0.05) is 6.20 Å². The van der Waals surface area contributed by atoms with E-state index in [1.165, 1.54) is 11.8 Å². The van der Waals surface area contributed by atoms with Crippen LogP contribution < -0.4 is 4.74 Å². The fourth-order valence-electron chi connectivity index (χ4n) is 1.19. The van der Waals surface area contributed by atoms with Crippen molar-refractivity contribution >= 4 is 11.8 Å². The third-order valence-electron chi connectivity index (χ3n) is 2.16. The first kappa shape index (κ1) is 11.6. The monoisotopic (exact) mass is 249 g/mol. The maximum absolute atomic E-state index is 12.5. The molecule has 0 amide bonds. The van der Waals surface area contributed by atoms with Gasteiger partial charge in [0.25, 0.3) is 0 Å². The van der Waals surface area contributed by atoms with Crippen molar-refractivity contribution in [1.29, 1.82) is 0 Å². The second-order valence-corrected chi connectivity index (χ2v) is 4.34. The zero-order valence-corrected chi connectivity index (χ0v) is 9.36. The van der Waals surface area contributed by atoms with Gasteiger partial charge in [0.1, 0.15) is 5.03 Å². The number of thioether (sulfide) groups is 1. The molecule has 0 aromatic carbocycles. The quantitative estimate of drug-likeness (QED) is 0.767. The molecule has 0 bridgehead atoms. The lowest BCUT2D eigenvalue weighted by atomic mass is 10.3. The number of halogens is 3. The summed E-state index contributed by atoms with van der Waals surface area (Å²) in [5, 5.41) is 0.500. The Morgan fingerprint density at radius 2 is 2.12 bits per heavy atom. The zero-order chi connectivity index (χ0) is 11.8. The van der Waals surface area contributed by atoms with Gasteiger partial charge < -0.3 is 4.74 Å². The van der Waals surface area contributed by atoms with Gasteiger partial charge in [0.15, 0.2) is 5.75 Å². The van der Waals surface area contributed by atoms with Crippen LogP contribution in [-0.2, 0) is 6.18 Å². The number of ether oxygens (including phenoxy) is 1. The van der Waals surface area contributed by atoms with E-state index in [0.717, 1.165) is 25.1 Å². The average Bonchev–Trinajstić information content (AvgIpc) is 3.00. The van der Waals surface area contributed by atoms with Crippen LogP contribution in [0.3, 0.4) is 0 Å². The van der Waals surface area contributed by atoms with Gasteiger partial charge in [0.05, 0.1) is 11.7 Å². The van der Waals surface area contributed by atoms with Crippen LogP contribution in [0.1, 0.15) is 18.4 Å². The van der Waals surface area contributed by atoms with Crippen molar-refractivity contribution in [2.45, 2.75) is 30.1 Å². The molecule has 88 valence electrons. The first-order valence-corrected chi connectivity index (χ1v) is 6.01. The van der Waals surface area contributed by atoms with Gasteiger partial charge in [-0.2, -0.15) is 13.2 Å².